The average molecular weight is 675 g/mol. The molecular weight excluding hydrogens is 603 g/mol. The highest BCUT2D eigenvalue weighted by Gasteiger charge is 2.22. The molecule has 0 fully saturated rings. The van der Waals surface area contributed by atoms with E-state index in [0.717, 1.165) is 57.8 Å². The summed E-state index contributed by atoms with van der Waals surface area (Å²) in [5.74, 6) is -0.888. The molecule has 0 saturated carbocycles. The second-order valence-corrected chi connectivity index (χ2v) is 14.1. The first-order valence-corrected chi connectivity index (χ1v) is 20.5. The van der Waals surface area contributed by atoms with E-state index in [2.05, 4.69) is 30.5 Å². The number of hydrogen-bond acceptors (Lipinski definition) is 6. The van der Waals surface area contributed by atoms with Gasteiger partial charge in [-0.05, 0) is 32.1 Å². The van der Waals surface area contributed by atoms with Crippen molar-refractivity contribution in [1.29, 1.82) is 0 Å². The SMILES string of the molecule is CCCC/C=C\CCCCCCCC(=O)OC[C@H](COP(=O)(O)O)OC(=O)CCCCCCCCCCCCCCCCCCC. The summed E-state index contributed by atoms with van der Waals surface area (Å²) in [6, 6.07) is 0. The van der Waals surface area contributed by atoms with Gasteiger partial charge in [-0.3, -0.25) is 14.1 Å². The summed E-state index contributed by atoms with van der Waals surface area (Å²) in [6.45, 7) is 3.64. The summed E-state index contributed by atoms with van der Waals surface area (Å²) in [5, 5.41) is 0. The zero-order chi connectivity index (χ0) is 34.0. The summed E-state index contributed by atoms with van der Waals surface area (Å²) in [7, 11) is -4.74. The van der Waals surface area contributed by atoms with Gasteiger partial charge in [0.1, 0.15) is 6.61 Å². The van der Waals surface area contributed by atoms with Crippen LogP contribution in [-0.4, -0.2) is 41.0 Å². The van der Waals surface area contributed by atoms with E-state index in [4.69, 9.17) is 19.3 Å². The molecule has 0 amide bonds. The smallest absolute Gasteiger partial charge is 0.462 e. The second-order valence-electron chi connectivity index (χ2n) is 12.9. The molecule has 0 aromatic heterocycles. The molecule has 272 valence electrons. The van der Waals surface area contributed by atoms with Crippen LogP contribution in [0, 0.1) is 0 Å². The van der Waals surface area contributed by atoms with E-state index in [-0.39, 0.29) is 19.4 Å². The Labute approximate surface area is 282 Å². The number of ether oxygens (including phenoxy) is 2. The number of phosphoric acid groups is 1. The lowest BCUT2D eigenvalue weighted by molar-refractivity contribution is -0.161. The highest BCUT2D eigenvalue weighted by atomic mass is 31.2. The first kappa shape index (κ1) is 44.8. The quantitative estimate of drug-likeness (QED) is 0.0295. The van der Waals surface area contributed by atoms with Crippen LogP contribution in [0.25, 0.3) is 0 Å². The Hall–Kier alpha value is -1.21. The minimum absolute atomic E-state index is 0.216. The summed E-state index contributed by atoms with van der Waals surface area (Å²) in [5.41, 5.74) is 0. The third kappa shape index (κ3) is 35.6. The van der Waals surface area contributed by atoms with E-state index in [0.29, 0.717) is 12.8 Å². The molecule has 0 aromatic carbocycles. The third-order valence-corrected chi connectivity index (χ3v) is 8.77. The van der Waals surface area contributed by atoms with Gasteiger partial charge >= 0.3 is 19.8 Å². The molecule has 9 heteroatoms. The second kappa shape index (κ2) is 33.7. The maximum Gasteiger partial charge on any atom is 0.469 e. The van der Waals surface area contributed by atoms with Crippen LogP contribution in [0.2, 0.25) is 0 Å². The van der Waals surface area contributed by atoms with E-state index in [1.165, 1.54) is 96.3 Å². The van der Waals surface area contributed by atoms with Gasteiger partial charge in [-0.1, -0.05) is 161 Å². The van der Waals surface area contributed by atoms with Gasteiger partial charge < -0.3 is 19.3 Å². The van der Waals surface area contributed by atoms with E-state index in [1.54, 1.807) is 0 Å². The van der Waals surface area contributed by atoms with Crippen LogP contribution in [0.5, 0.6) is 0 Å². The van der Waals surface area contributed by atoms with Gasteiger partial charge in [-0.15, -0.1) is 0 Å². The Balaban J connectivity index is 3.91. The predicted octanol–water partition coefficient (Wildman–Crippen LogP) is 11.1. The van der Waals surface area contributed by atoms with Crippen molar-refractivity contribution in [2.75, 3.05) is 13.2 Å². The third-order valence-electron chi connectivity index (χ3n) is 8.28. The molecule has 2 N–H and O–H groups in total. The molecule has 46 heavy (non-hydrogen) atoms. The summed E-state index contributed by atoms with van der Waals surface area (Å²) < 4.78 is 26.3. The Morgan fingerprint density at radius 2 is 0.935 bits per heavy atom. The Bertz CT molecular complexity index is 766. The molecule has 0 heterocycles. The number of esters is 2. The predicted molar refractivity (Wildman–Crippen MR) is 189 cm³/mol. The topological polar surface area (TPSA) is 119 Å². The lowest BCUT2D eigenvalue weighted by Gasteiger charge is -2.18. The monoisotopic (exact) mass is 674 g/mol. The standard InChI is InChI=1S/C37H71O8P/c1-3-5-7-9-11-13-15-16-17-18-19-20-22-24-26-28-30-32-37(39)45-35(34-44-46(40,41)42)33-43-36(38)31-29-27-25-23-21-14-12-10-8-6-4-2/h10,12,35H,3-9,11,13-34H2,1-2H3,(H2,40,41,42)/b12-10-/t35-/m1/s1. The van der Waals surface area contributed by atoms with Gasteiger partial charge in [-0.2, -0.15) is 0 Å². The summed E-state index contributed by atoms with van der Waals surface area (Å²) >= 11 is 0. The van der Waals surface area contributed by atoms with Gasteiger partial charge in [0.2, 0.25) is 0 Å². The number of carbonyl (C=O) groups is 2. The normalized spacial score (nSPS) is 12.5. The highest BCUT2D eigenvalue weighted by molar-refractivity contribution is 7.46. The fourth-order valence-electron chi connectivity index (χ4n) is 5.41. The number of carbonyl (C=O) groups excluding carboxylic acids is 2. The van der Waals surface area contributed by atoms with Crippen LogP contribution in [-0.2, 0) is 28.2 Å². The summed E-state index contributed by atoms with van der Waals surface area (Å²) in [4.78, 5) is 42.6. The van der Waals surface area contributed by atoms with Crippen molar-refractivity contribution in [2.24, 2.45) is 0 Å². The average Bonchev–Trinajstić information content (AvgIpc) is 3.02. The van der Waals surface area contributed by atoms with Gasteiger partial charge in [0.05, 0.1) is 6.61 Å². The van der Waals surface area contributed by atoms with Crippen molar-refractivity contribution >= 4 is 19.8 Å². The molecule has 0 radical (unpaired) electrons. The highest BCUT2D eigenvalue weighted by Crippen LogP contribution is 2.36. The fourth-order valence-corrected chi connectivity index (χ4v) is 5.77. The van der Waals surface area contributed by atoms with Crippen molar-refractivity contribution < 1.29 is 37.9 Å². The first-order valence-electron chi connectivity index (χ1n) is 19.0. The summed E-state index contributed by atoms with van der Waals surface area (Å²) in [6.07, 6.45) is 35.1. The molecule has 0 unspecified atom stereocenters. The minimum Gasteiger partial charge on any atom is -0.462 e. The van der Waals surface area contributed by atoms with Crippen LogP contribution in [0.1, 0.15) is 194 Å². The number of hydrogen-bond donors (Lipinski definition) is 2. The first-order chi connectivity index (χ1) is 22.3. The number of unbranched alkanes of at least 4 members (excludes halogenated alkanes) is 23. The molecule has 0 saturated heterocycles. The molecule has 0 aromatic rings. The largest absolute Gasteiger partial charge is 0.469 e. The Morgan fingerprint density at radius 1 is 0.543 bits per heavy atom. The van der Waals surface area contributed by atoms with E-state index < -0.39 is 32.5 Å². The number of phosphoric ester groups is 1. The van der Waals surface area contributed by atoms with Crippen LogP contribution < -0.4 is 0 Å². The van der Waals surface area contributed by atoms with Crippen molar-refractivity contribution in [3.05, 3.63) is 12.2 Å². The Kier molecular flexibility index (Phi) is 32.8. The number of rotatable bonds is 35. The van der Waals surface area contributed by atoms with Crippen molar-refractivity contribution in [1.82, 2.24) is 0 Å². The zero-order valence-electron chi connectivity index (χ0n) is 29.7. The van der Waals surface area contributed by atoms with Crippen molar-refractivity contribution in [2.45, 2.75) is 200 Å². The molecular formula is C37H71O8P. The van der Waals surface area contributed by atoms with Crippen LogP contribution in [0.4, 0.5) is 0 Å². The van der Waals surface area contributed by atoms with Crippen molar-refractivity contribution in [3.63, 3.8) is 0 Å². The van der Waals surface area contributed by atoms with Gasteiger partial charge in [0.25, 0.3) is 0 Å². The lowest BCUT2D eigenvalue weighted by atomic mass is 10.0. The molecule has 0 aliphatic rings. The molecule has 1 atom stereocenters. The maximum absolute atomic E-state index is 12.4. The van der Waals surface area contributed by atoms with E-state index >= 15 is 0 Å². The molecule has 0 bridgehead atoms. The van der Waals surface area contributed by atoms with Gasteiger partial charge in [0.15, 0.2) is 6.10 Å². The van der Waals surface area contributed by atoms with Crippen molar-refractivity contribution in [3.8, 4) is 0 Å². The van der Waals surface area contributed by atoms with E-state index in [1.807, 2.05) is 0 Å². The molecule has 0 rings (SSSR count). The number of allylic oxidation sites excluding steroid dienone is 2. The molecule has 8 nitrogen and oxygen atoms in total. The fraction of sp³-hybridized carbons (Fsp3) is 0.892. The Morgan fingerprint density at radius 3 is 1.39 bits per heavy atom. The molecule has 0 aliphatic carbocycles. The van der Waals surface area contributed by atoms with Gasteiger partial charge in [-0.25, -0.2) is 4.57 Å². The van der Waals surface area contributed by atoms with Crippen LogP contribution >= 0.6 is 7.82 Å². The van der Waals surface area contributed by atoms with Gasteiger partial charge in [0, 0.05) is 12.8 Å². The van der Waals surface area contributed by atoms with Crippen LogP contribution in [0.3, 0.4) is 0 Å². The van der Waals surface area contributed by atoms with E-state index in [9.17, 15) is 14.2 Å². The molecule has 0 aliphatic heterocycles. The zero-order valence-corrected chi connectivity index (χ0v) is 30.6. The lowest BCUT2D eigenvalue weighted by Crippen LogP contribution is -2.29. The van der Waals surface area contributed by atoms with Crippen LogP contribution in [0.15, 0.2) is 12.2 Å². The maximum atomic E-state index is 12.4. The minimum atomic E-state index is -4.74. The molecule has 0 spiro atoms.